The van der Waals surface area contributed by atoms with Crippen LogP contribution in [0.25, 0.3) is 0 Å². The van der Waals surface area contributed by atoms with E-state index < -0.39 is 0 Å². The van der Waals surface area contributed by atoms with Crippen molar-refractivity contribution in [1.29, 1.82) is 0 Å². The lowest BCUT2D eigenvalue weighted by atomic mass is 10.1. The average molecular weight is 279 g/mol. The molecule has 0 aromatic heterocycles. The van der Waals surface area contributed by atoms with Crippen LogP contribution >= 0.6 is 0 Å². The number of amides is 1. The van der Waals surface area contributed by atoms with E-state index in [2.05, 4.69) is 5.32 Å². The highest BCUT2D eigenvalue weighted by Gasteiger charge is 2.03. The molecule has 0 bridgehead atoms. The van der Waals surface area contributed by atoms with Gasteiger partial charge in [-0.2, -0.15) is 0 Å². The van der Waals surface area contributed by atoms with E-state index in [4.69, 9.17) is 9.47 Å². The first-order valence-corrected chi connectivity index (χ1v) is 6.71. The molecule has 0 aliphatic rings. The Hall–Kier alpha value is -1.88. The molecular formula is C15H21NO4. The Labute approximate surface area is 119 Å². The third-order valence-corrected chi connectivity index (χ3v) is 2.58. The number of nitrogens with one attached hydrogen (secondary N) is 1. The molecule has 0 saturated carbocycles. The van der Waals surface area contributed by atoms with Gasteiger partial charge in [0.1, 0.15) is 0 Å². The fraction of sp³-hybridized carbons (Fsp3) is 0.467. The first kappa shape index (κ1) is 16.2. The van der Waals surface area contributed by atoms with E-state index in [0.29, 0.717) is 32.7 Å². The Morgan fingerprint density at radius 1 is 1.25 bits per heavy atom. The summed E-state index contributed by atoms with van der Waals surface area (Å²) < 4.78 is 10.0. The van der Waals surface area contributed by atoms with Crippen molar-refractivity contribution in [2.45, 2.75) is 26.7 Å². The number of hydrogen-bond donors (Lipinski definition) is 1. The van der Waals surface area contributed by atoms with Crippen LogP contribution in [0.2, 0.25) is 0 Å². The third kappa shape index (κ3) is 6.89. The molecule has 0 fully saturated rings. The Morgan fingerprint density at radius 3 is 2.75 bits per heavy atom. The number of carbonyl (C=O) groups is 2. The number of hydrogen-bond acceptors (Lipinski definition) is 4. The standard InChI is InChI=1S/C15H21NO4/c1-3-19-9-8-15(18)16-14-6-4-5-13(11-14)7-10-20-12(2)17/h4-6,11H,3,7-10H2,1-2H3,(H,16,18). The van der Waals surface area contributed by atoms with Gasteiger partial charge in [0.05, 0.1) is 19.6 Å². The van der Waals surface area contributed by atoms with Crippen LogP contribution in [-0.4, -0.2) is 31.7 Å². The van der Waals surface area contributed by atoms with Crippen molar-refractivity contribution >= 4 is 17.6 Å². The number of benzene rings is 1. The number of esters is 1. The summed E-state index contributed by atoms with van der Waals surface area (Å²) in [6.07, 6.45) is 0.966. The molecule has 0 saturated heterocycles. The minimum atomic E-state index is -0.287. The summed E-state index contributed by atoms with van der Waals surface area (Å²) in [5, 5.41) is 2.81. The highest BCUT2D eigenvalue weighted by molar-refractivity contribution is 5.90. The molecule has 0 radical (unpaired) electrons. The van der Waals surface area contributed by atoms with Crippen LogP contribution in [0.15, 0.2) is 24.3 Å². The number of carbonyl (C=O) groups excluding carboxylic acids is 2. The molecule has 0 spiro atoms. The van der Waals surface area contributed by atoms with Crippen LogP contribution in [0.5, 0.6) is 0 Å². The molecule has 1 aromatic rings. The molecule has 20 heavy (non-hydrogen) atoms. The Kier molecular flexibility index (Phi) is 7.35. The number of ether oxygens (including phenoxy) is 2. The molecule has 0 atom stereocenters. The average Bonchev–Trinajstić information content (AvgIpc) is 2.39. The largest absolute Gasteiger partial charge is 0.466 e. The molecule has 1 rings (SSSR count). The van der Waals surface area contributed by atoms with Gasteiger partial charge in [-0.3, -0.25) is 9.59 Å². The zero-order valence-corrected chi connectivity index (χ0v) is 12.0. The highest BCUT2D eigenvalue weighted by atomic mass is 16.5. The SMILES string of the molecule is CCOCCC(=O)Nc1cccc(CCOC(C)=O)c1. The highest BCUT2D eigenvalue weighted by Crippen LogP contribution is 2.11. The second kappa shape index (κ2) is 9.09. The fourth-order valence-electron chi connectivity index (χ4n) is 1.65. The number of rotatable bonds is 8. The van der Waals surface area contributed by atoms with E-state index in [0.717, 1.165) is 11.3 Å². The molecule has 110 valence electrons. The Balaban J connectivity index is 2.42. The molecule has 1 aromatic carbocycles. The van der Waals surface area contributed by atoms with Gasteiger partial charge in [-0.1, -0.05) is 12.1 Å². The van der Waals surface area contributed by atoms with Crippen molar-refractivity contribution < 1.29 is 19.1 Å². The first-order valence-electron chi connectivity index (χ1n) is 6.71. The van der Waals surface area contributed by atoms with Gasteiger partial charge in [-0.05, 0) is 24.6 Å². The van der Waals surface area contributed by atoms with Crippen LogP contribution in [0.4, 0.5) is 5.69 Å². The minimum Gasteiger partial charge on any atom is -0.466 e. The zero-order valence-electron chi connectivity index (χ0n) is 12.0. The van der Waals surface area contributed by atoms with Gasteiger partial charge in [0, 0.05) is 25.6 Å². The number of anilines is 1. The molecule has 1 N–H and O–H groups in total. The second-order valence-corrected chi connectivity index (χ2v) is 4.29. The fourth-order valence-corrected chi connectivity index (χ4v) is 1.65. The van der Waals surface area contributed by atoms with Crippen LogP contribution in [-0.2, 0) is 25.5 Å². The van der Waals surface area contributed by atoms with E-state index >= 15 is 0 Å². The van der Waals surface area contributed by atoms with Crippen molar-refractivity contribution in [2.75, 3.05) is 25.1 Å². The summed E-state index contributed by atoms with van der Waals surface area (Å²) in [6.45, 7) is 4.66. The summed E-state index contributed by atoms with van der Waals surface area (Å²) in [5.74, 6) is -0.360. The van der Waals surface area contributed by atoms with Gasteiger partial charge >= 0.3 is 5.97 Å². The lowest BCUT2D eigenvalue weighted by Crippen LogP contribution is -2.14. The molecule has 0 aliphatic heterocycles. The molecule has 0 aliphatic carbocycles. The van der Waals surface area contributed by atoms with Crippen molar-refractivity contribution in [3.63, 3.8) is 0 Å². The van der Waals surface area contributed by atoms with Crippen LogP contribution in [0.3, 0.4) is 0 Å². The van der Waals surface area contributed by atoms with Gasteiger partial charge in [0.25, 0.3) is 0 Å². The van der Waals surface area contributed by atoms with Crippen molar-refractivity contribution in [2.24, 2.45) is 0 Å². The predicted octanol–water partition coefficient (Wildman–Crippen LogP) is 2.16. The molecule has 5 heteroatoms. The monoisotopic (exact) mass is 279 g/mol. The maximum Gasteiger partial charge on any atom is 0.302 e. The van der Waals surface area contributed by atoms with Gasteiger partial charge in [0.2, 0.25) is 5.91 Å². The summed E-state index contributed by atoms with van der Waals surface area (Å²) in [4.78, 5) is 22.3. The lowest BCUT2D eigenvalue weighted by molar-refractivity contribution is -0.140. The molecular weight excluding hydrogens is 258 g/mol. The maximum atomic E-state index is 11.6. The van der Waals surface area contributed by atoms with Crippen molar-refractivity contribution in [3.8, 4) is 0 Å². The molecule has 1 amide bonds. The van der Waals surface area contributed by atoms with Crippen molar-refractivity contribution in [1.82, 2.24) is 0 Å². The molecule has 0 heterocycles. The summed E-state index contributed by atoms with van der Waals surface area (Å²) in [6, 6.07) is 7.50. The normalized spacial score (nSPS) is 10.1. The lowest BCUT2D eigenvalue weighted by Gasteiger charge is -2.08. The molecule has 5 nitrogen and oxygen atoms in total. The Morgan fingerprint density at radius 2 is 2.05 bits per heavy atom. The summed E-state index contributed by atoms with van der Waals surface area (Å²) in [7, 11) is 0. The van der Waals surface area contributed by atoms with E-state index in [1.807, 2.05) is 31.2 Å². The van der Waals surface area contributed by atoms with Gasteiger partial charge < -0.3 is 14.8 Å². The van der Waals surface area contributed by atoms with Gasteiger partial charge in [-0.15, -0.1) is 0 Å². The van der Waals surface area contributed by atoms with E-state index in [9.17, 15) is 9.59 Å². The quantitative estimate of drug-likeness (QED) is 0.585. The summed E-state index contributed by atoms with van der Waals surface area (Å²) in [5.41, 5.74) is 1.75. The maximum absolute atomic E-state index is 11.6. The topological polar surface area (TPSA) is 64.6 Å². The van der Waals surface area contributed by atoms with Crippen molar-refractivity contribution in [3.05, 3.63) is 29.8 Å². The summed E-state index contributed by atoms with van der Waals surface area (Å²) >= 11 is 0. The van der Waals surface area contributed by atoms with E-state index in [1.165, 1.54) is 6.92 Å². The second-order valence-electron chi connectivity index (χ2n) is 4.29. The first-order chi connectivity index (χ1) is 9.61. The zero-order chi connectivity index (χ0) is 14.8. The predicted molar refractivity (Wildman–Crippen MR) is 76.5 cm³/mol. The van der Waals surface area contributed by atoms with Gasteiger partial charge in [-0.25, -0.2) is 0 Å². The minimum absolute atomic E-state index is 0.0735. The van der Waals surface area contributed by atoms with E-state index in [-0.39, 0.29) is 11.9 Å². The van der Waals surface area contributed by atoms with Crippen LogP contribution in [0, 0.1) is 0 Å². The smallest absolute Gasteiger partial charge is 0.302 e. The van der Waals surface area contributed by atoms with Crippen LogP contribution in [0.1, 0.15) is 25.8 Å². The molecule has 0 unspecified atom stereocenters. The van der Waals surface area contributed by atoms with Crippen LogP contribution < -0.4 is 5.32 Å². The Bertz CT molecular complexity index is 445. The van der Waals surface area contributed by atoms with E-state index in [1.54, 1.807) is 0 Å². The third-order valence-electron chi connectivity index (χ3n) is 2.58. The van der Waals surface area contributed by atoms with Gasteiger partial charge in [0.15, 0.2) is 0 Å².